The number of nitrogens with one attached hydrogen (secondary N) is 2. The minimum Gasteiger partial charge on any atom is -0.494 e. The van der Waals surface area contributed by atoms with Gasteiger partial charge in [-0.15, -0.1) is 0 Å². The third-order valence-corrected chi connectivity index (χ3v) is 10.7. The van der Waals surface area contributed by atoms with E-state index in [0.717, 1.165) is 5.56 Å². The normalized spacial score (nSPS) is 24.1. The lowest BCUT2D eigenvalue weighted by molar-refractivity contribution is -0.149. The number of sulfonamides is 1. The van der Waals surface area contributed by atoms with Gasteiger partial charge in [-0.3, -0.25) is 13.9 Å². The van der Waals surface area contributed by atoms with E-state index in [2.05, 4.69) is 19.8 Å². The van der Waals surface area contributed by atoms with E-state index in [4.69, 9.17) is 18.7 Å². The molecule has 0 amide bonds. The zero-order valence-electron chi connectivity index (χ0n) is 26.4. The predicted octanol–water partition coefficient (Wildman–Crippen LogP) is 4.13. The van der Waals surface area contributed by atoms with Crippen molar-refractivity contribution in [1.82, 2.24) is 24.3 Å². The number of hydrogen-bond acceptors (Lipinski definition) is 10. The van der Waals surface area contributed by atoms with Gasteiger partial charge in [0, 0.05) is 30.9 Å². The lowest BCUT2D eigenvalue weighted by Gasteiger charge is -2.32. The first-order valence-electron chi connectivity index (χ1n) is 14.5. The van der Waals surface area contributed by atoms with Crippen molar-refractivity contribution in [1.29, 1.82) is 0 Å². The summed E-state index contributed by atoms with van der Waals surface area (Å²) in [6, 6.07) is 7.07. The van der Waals surface area contributed by atoms with Gasteiger partial charge < -0.3 is 18.7 Å². The number of carbonyl (C=O) groups is 1. The van der Waals surface area contributed by atoms with Gasteiger partial charge in [0.1, 0.15) is 17.3 Å². The van der Waals surface area contributed by atoms with Crippen molar-refractivity contribution < 1.29 is 40.9 Å². The monoisotopic (exact) mass is 669 g/mol. The quantitative estimate of drug-likeness (QED) is 0.188. The van der Waals surface area contributed by atoms with Gasteiger partial charge in [0.2, 0.25) is 10.0 Å². The predicted molar refractivity (Wildman–Crippen MR) is 165 cm³/mol. The van der Waals surface area contributed by atoms with Gasteiger partial charge in [-0.1, -0.05) is 24.6 Å². The van der Waals surface area contributed by atoms with E-state index in [9.17, 15) is 17.8 Å². The average Bonchev–Trinajstić information content (AvgIpc) is 3.50. The summed E-state index contributed by atoms with van der Waals surface area (Å²) < 4.78 is 82.3. The van der Waals surface area contributed by atoms with Crippen molar-refractivity contribution in [2.24, 2.45) is 5.41 Å². The number of ether oxygens (including phenoxy) is 3. The van der Waals surface area contributed by atoms with E-state index < -0.39 is 53.5 Å². The topological polar surface area (TPSA) is 160 Å². The molecule has 0 spiro atoms. The molecular formula is C29H41FN5O8PS. The summed E-state index contributed by atoms with van der Waals surface area (Å²) in [5.41, 5.74) is 0.323. The van der Waals surface area contributed by atoms with Gasteiger partial charge in [-0.05, 0) is 46.2 Å². The fourth-order valence-electron chi connectivity index (χ4n) is 5.13. The third kappa shape index (κ3) is 7.90. The van der Waals surface area contributed by atoms with Crippen molar-refractivity contribution in [3.05, 3.63) is 48.4 Å². The molecule has 16 heteroatoms. The van der Waals surface area contributed by atoms with E-state index in [0.29, 0.717) is 16.9 Å². The first-order chi connectivity index (χ1) is 21.1. The highest BCUT2D eigenvalue weighted by molar-refractivity contribution is 7.89. The average molecular weight is 670 g/mol. The van der Waals surface area contributed by atoms with Crippen LogP contribution in [0.4, 0.5) is 4.39 Å². The molecule has 3 heterocycles. The highest BCUT2D eigenvalue weighted by atomic mass is 32.2. The number of esters is 1. The summed E-state index contributed by atoms with van der Waals surface area (Å²) in [6.45, 7) is 9.23. The Morgan fingerprint density at radius 3 is 2.53 bits per heavy atom. The second kappa shape index (κ2) is 13.8. The Morgan fingerprint density at radius 2 is 1.89 bits per heavy atom. The first kappa shape index (κ1) is 34.9. The Bertz CT molecular complexity index is 1650. The van der Waals surface area contributed by atoms with Crippen molar-refractivity contribution >= 4 is 34.7 Å². The standard InChI is InChI=1S/C29H41FN5O8PS/c1-18(2)42-28(36)20(4)34-44(7,37)41-16-23-29(5,13-15-33-45(38,39)21-10-8-19(3)9-11-21)25(30)27(43-23)35-17-32-24-22(40-6)12-14-31-26(24)35/h8-12,14,17-18,20,23,25,27,33H,13,15-16H2,1-7H3,(H,34,37)/t20-,23+,25-,27+,29?,44?/m0/s1. The molecule has 1 aromatic carbocycles. The smallest absolute Gasteiger partial charge is 0.323 e. The van der Waals surface area contributed by atoms with Crippen LogP contribution >= 0.6 is 7.52 Å². The number of fused-ring (bicyclic) bond motifs is 1. The molecule has 3 aromatic rings. The number of methoxy groups -OCH3 is 1. The Hall–Kier alpha value is -2.94. The molecule has 13 nitrogen and oxygen atoms in total. The second-order valence-electron chi connectivity index (χ2n) is 11.7. The van der Waals surface area contributed by atoms with Crippen LogP contribution in [0.3, 0.4) is 0 Å². The number of rotatable bonds is 14. The Kier molecular flexibility index (Phi) is 10.7. The number of halogens is 1. The van der Waals surface area contributed by atoms with Gasteiger partial charge in [0.25, 0.3) is 7.52 Å². The summed E-state index contributed by atoms with van der Waals surface area (Å²) >= 11 is 0. The highest BCUT2D eigenvalue weighted by Gasteiger charge is 2.55. The lowest BCUT2D eigenvalue weighted by atomic mass is 9.78. The number of pyridine rings is 1. The number of hydrogen-bond donors (Lipinski definition) is 2. The molecule has 2 N–H and O–H groups in total. The summed E-state index contributed by atoms with van der Waals surface area (Å²) in [6.07, 6.45) is -1.34. The van der Waals surface area contributed by atoms with E-state index in [-0.39, 0.29) is 30.6 Å². The third-order valence-electron chi connectivity index (χ3n) is 7.73. The number of nitrogens with zero attached hydrogens (tertiary/aromatic N) is 3. The minimum absolute atomic E-state index is 0.00568. The molecule has 1 aliphatic rings. The van der Waals surface area contributed by atoms with Crippen molar-refractivity contribution in [2.75, 3.05) is 26.9 Å². The number of benzene rings is 1. The van der Waals surface area contributed by atoms with Crippen LogP contribution in [0.2, 0.25) is 0 Å². The van der Waals surface area contributed by atoms with Gasteiger partial charge in [0.15, 0.2) is 18.0 Å². The number of carbonyl (C=O) groups excluding carboxylic acids is 1. The second-order valence-corrected chi connectivity index (χ2v) is 15.7. The van der Waals surface area contributed by atoms with Crippen molar-refractivity contribution in [3.63, 3.8) is 0 Å². The molecule has 45 heavy (non-hydrogen) atoms. The van der Waals surface area contributed by atoms with Crippen LogP contribution in [0.5, 0.6) is 5.75 Å². The number of alkyl halides is 1. The number of aryl methyl sites for hydroxylation is 1. The summed E-state index contributed by atoms with van der Waals surface area (Å²) in [7, 11) is -6.00. The molecule has 1 aliphatic heterocycles. The fraction of sp³-hybridized carbons (Fsp3) is 0.552. The van der Waals surface area contributed by atoms with E-state index in [1.807, 2.05) is 6.92 Å². The van der Waals surface area contributed by atoms with Crippen LogP contribution in [0.25, 0.3) is 11.2 Å². The van der Waals surface area contributed by atoms with Gasteiger partial charge in [-0.2, -0.15) is 0 Å². The van der Waals surface area contributed by atoms with Crippen LogP contribution in [-0.4, -0.2) is 80.3 Å². The van der Waals surface area contributed by atoms with Crippen LogP contribution in [0.15, 0.2) is 47.8 Å². The number of imidazole rings is 1. The molecule has 4 rings (SSSR count). The first-order valence-corrected chi connectivity index (χ1v) is 18.0. The molecule has 0 aliphatic carbocycles. The largest absolute Gasteiger partial charge is 0.494 e. The molecule has 6 atom stereocenters. The van der Waals surface area contributed by atoms with Crippen LogP contribution in [0.1, 0.15) is 45.9 Å². The zero-order valence-corrected chi connectivity index (χ0v) is 28.1. The molecule has 0 saturated carbocycles. The maximum atomic E-state index is 16.6. The summed E-state index contributed by atoms with van der Waals surface area (Å²) in [5, 5.41) is 2.66. The molecule has 1 fully saturated rings. The van der Waals surface area contributed by atoms with Crippen molar-refractivity contribution in [2.45, 2.75) is 76.6 Å². The summed E-state index contributed by atoms with van der Waals surface area (Å²) in [5.74, 6) is -0.152. The molecule has 248 valence electrons. The molecule has 2 unspecified atom stereocenters. The maximum Gasteiger partial charge on any atom is 0.323 e. The van der Waals surface area contributed by atoms with Gasteiger partial charge in [0.05, 0.1) is 37.1 Å². The Labute approximate surface area is 262 Å². The fourth-order valence-corrected chi connectivity index (χ4v) is 7.47. The van der Waals surface area contributed by atoms with Crippen molar-refractivity contribution in [3.8, 4) is 5.75 Å². The highest BCUT2D eigenvalue weighted by Crippen LogP contribution is 2.50. The summed E-state index contributed by atoms with van der Waals surface area (Å²) in [4.78, 5) is 21.0. The van der Waals surface area contributed by atoms with E-state index >= 15 is 4.39 Å². The van der Waals surface area contributed by atoms with Crippen LogP contribution < -0.4 is 14.5 Å². The molecule has 0 bridgehead atoms. The molecule has 1 saturated heterocycles. The number of aromatic nitrogens is 3. The Morgan fingerprint density at radius 1 is 1.20 bits per heavy atom. The van der Waals surface area contributed by atoms with Gasteiger partial charge >= 0.3 is 5.97 Å². The van der Waals surface area contributed by atoms with Crippen LogP contribution in [-0.2, 0) is 33.4 Å². The lowest BCUT2D eigenvalue weighted by Crippen LogP contribution is -2.41. The molecular weight excluding hydrogens is 628 g/mol. The van der Waals surface area contributed by atoms with Crippen LogP contribution in [0, 0.1) is 12.3 Å². The van der Waals surface area contributed by atoms with E-state index in [1.165, 1.54) is 49.9 Å². The van der Waals surface area contributed by atoms with Gasteiger partial charge in [-0.25, -0.2) is 32.6 Å². The minimum atomic E-state index is -3.87. The molecule has 0 radical (unpaired) electrons. The zero-order chi connectivity index (χ0) is 33.2. The molecule has 2 aromatic heterocycles. The Balaban J connectivity index is 1.56. The maximum absolute atomic E-state index is 16.6. The SMILES string of the molecule is COc1ccnc2c1ncn2[C@@H]1O[C@H](COP(C)(=O)N[C@@H](C)C(=O)OC(C)C)C(C)(CCNS(=O)(=O)c2ccc(C)cc2)[C@H]1F. The van der Waals surface area contributed by atoms with E-state index in [1.54, 1.807) is 39.0 Å².